The Morgan fingerprint density at radius 1 is 1.30 bits per heavy atom. The molecule has 0 aromatic heterocycles. The normalized spacial score (nSPS) is 20.1. The summed E-state index contributed by atoms with van der Waals surface area (Å²) in [4.78, 5) is 11.5. The second kappa shape index (κ2) is 5.89. The number of sulfonamides is 1. The lowest BCUT2D eigenvalue weighted by Crippen LogP contribution is -2.30. The standard InChI is InChI=1S/C12H13Cl2NO4S/c1-19-12(16)8-2-3-15(7-8)20(17,18)11-5-9(13)4-10(14)6-11/h4-6,8H,2-3,7H2,1H3. The minimum Gasteiger partial charge on any atom is -0.469 e. The predicted molar refractivity (Wildman–Crippen MR) is 75.3 cm³/mol. The van der Waals surface area contributed by atoms with Gasteiger partial charge in [-0.2, -0.15) is 4.31 Å². The summed E-state index contributed by atoms with van der Waals surface area (Å²) in [5.74, 6) is -0.823. The highest BCUT2D eigenvalue weighted by Crippen LogP contribution is 2.28. The molecule has 0 saturated carbocycles. The molecule has 5 nitrogen and oxygen atoms in total. The van der Waals surface area contributed by atoms with Crippen LogP contribution in [-0.4, -0.2) is 38.9 Å². The Bertz CT molecular complexity index is 612. The van der Waals surface area contributed by atoms with E-state index in [2.05, 4.69) is 4.74 Å². The van der Waals surface area contributed by atoms with Gasteiger partial charge in [0.25, 0.3) is 0 Å². The molecule has 1 aromatic rings. The highest BCUT2D eigenvalue weighted by molar-refractivity contribution is 7.89. The van der Waals surface area contributed by atoms with Gasteiger partial charge in [-0.3, -0.25) is 4.79 Å². The fraction of sp³-hybridized carbons (Fsp3) is 0.417. The predicted octanol–water partition coefficient (Wildman–Crippen LogP) is 2.18. The van der Waals surface area contributed by atoms with Crippen molar-refractivity contribution in [3.8, 4) is 0 Å². The lowest BCUT2D eigenvalue weighted by molar-refractivity contribution is -0.144. The maximum atomic E-state index is 12.5. The Morgan fingerprint density at radius 3 is 2.45 bits per heavy atom. The molecule has 2 rings (SSSR count). The quantitative estimate of drug-likeness (QED) is 0.793. The van der Waals surface area contributed by atoms with Crippen molar-refractivity contribution in [2.24, 2.45) is 5.92 Å². The molecule has 8 heteroatoms. The molecule has 0 bridgehead atoms. The van der Waals surface area contributed by atoms with Crippen molar-refractivity contribution in [1.29, 1.82) is 0 Å². The highest BCUT2D eigenvalue weighted by Gasteiger charge is 2.36. The molecule has 0 N–H and O–H groups in total. The van der Waals surface area contributed by atoms with Crippen molar-refractivity contribution in [3.63, 3.8) is 0 Å². The zero-order valence-electron chi connectivity index (χ0n) is 10.7. The van der Waals surface area contributed by atoms with Crippen molar-refractivity contribution in [3.05, 3.63) is 28.2 Å². The molecule has 20 heavy (non-hydrogen) atoms. The van der Waals surface area contributed by atoms with Crippen LogP contribution in [0.15, 0.2) is 23.1 Å². The largest absolute Gasteiger partial charge is 0.469 e. The van der Waals surface area contributed by atoms with Gasteiger partial charge in [0.05, 0.1) is 17.9 Å². The van der Waals surface area contributed by atoms with Gasteiger partial charge in [0.2, 0.25) is 10.0 Å². The maximum Gasteiger partial charge on any atom is 0.310 e. The summed E-state index contributed by atoms with van der Waals surface area (Å²) in [5, 5.41) is 0.500. The number of benzene rings is 1. The highest BCUT2D eigenvalue weighted by atomic mass is 35.5. The van der Waals surface area contributed by atoms with Crippen LogP contribution in [0.5, 0.6) is 0 Å². The summed E-state index contributed by atoms with van der Waals surface area (Å²) in [7, 11) is -2.41. The smallest absolute Gasteiger partial charge is 0.310 e. The van der Waals surface area contributed by atoms with E-state index in [4.69, 9.17) is 23.2 Å². The molecule has 0 radical (unpaired) electrons. The third kappa shape index (κ3) is 3.09. The van der Waals surface area contributed by atoms with Gasteiger partial charge >= 0.3 is 5.97 Å². The Morgan fingerprint density at radius 2 is 1.90 bits per heavy atom. The zero-order chi connectivity index (χ0) is 14.9. The molecule has 1 aliphatic heterocycles. The first-order valence-corrected chi connectivity index (χ1v) is 8.08. The molecule has 0 aliphatic carbocycles. The Hall–Kier alpha value is -0.820. The zero-order valence-corrected chi connectivity index (χ0v) is 13.0. The number of methoxy groups -OCH3 is 1. The molecule has 110 valence electrons. The summed E-state index contributed by atoms with van der Waals surface area (Å²) in [6, 6.07) is 4.14. The van der Waals surface area contributed by atoms with E-state index in [1.54, 1.807) is 0 Å². The molecule has 0 amide bonds. The van der Waals surface area contributed by atoms with Gasteiger partial charge < -0.3 is 4.74 Å². The Labute approximate surface area is 127 Å². The van der Waals surface area contributed by atoms with Crippen molar-refractivity contribution in [1.82, 2.24) is 4.31 Å². The molecule has 1 fully saturated rings. The number of hydrogen-bond acceptors (Lipinski definition) is 4. The number of rotatable bonds is 3. The number of halogens is 2. The van der Waals surface area contributed by atoms with E-state index in [0.717, 1.165) is 0 Å². The molecule has 1 aliphatic rings. The van der Waals surface area contributed by atoms with E-state index in [1.165, 1.54) is 29.6 Å². The van der Waals surface area contributed by atoms with E-state index in [9.17, 15) is 13.2 Å². The van der Waals surface area contributed by atoms with Gasteiger partial charge in [-0.25, -0.2) is 8.42 Å². The van der Waals surface area contributed by atoms with Gasteiger partial charge in [0, 0.05) is 23.1 Å². The molecule has 1 unspecified atom stereocenters. The number of nitrogens with zero attached hydrogens (tertiary/aromatic N) is 1. The summed E-state index contributed by atoms with van der Waals surface area (Å²) in [5.41, 5.74) is 0. The topological polar surface area (TPSA) is 63.7 Å². The number of carbonyl (C=O) groups is 1. The summed E-state index contributed by atoms with van der Waals surface area (Å²) in [6.07, 6.45) is 0.445. The van der Waals surface area contributed by atoms with Gasteiger partial charge in [-0.15, -0.1) is 0 Å². The van der Waals surface area contributed by atoms with Crippen LogP contribution in [0.25, 0.3) is 0 Å². The Balaban J connectivity index is 2.26. The van der Waals surface area contributed by atoms with Gasteiger partial charge in [-0.05, 0) is 24.6 Å². The molecule has 1 aromatic carbocycles. The third-order valence-electron chi connectivity index (χ3n) is 3.16. The van der Waals surface area contributed by atoms with E-state index in [0.29, 0.717) is 6.42 Å². The minimum atomic E-state index is -3.70. The summed E-state index contributed by atoms with van der Waals surface area (Å²) in [6.45, 7) is 0.380. The molecule has 1 heterocycles. The third-order valence-corrected chi connectivity index (χ3v) is 5.44. The lowest BCUT2D eigenvalue weighted by atomic mass is 10.1. The molecular formula is C12H13Cl2NO4S. The molecule has 1 saturated heterocycles. The van der Waals surface area contributed by atoms with E-state index < -0.39 is 21.9 Å². The fourth-order valence-corrected chi connectivity index (χ4v) is 4.36. The first kappa shape index (κ1) is 15.6. The fourth-order valence-electron chi connectivity index (χ4n) is 2.13. The van der Waals surface area contributed by atoms with Crippen LogP contribution in [0.4, 0.5) is 0 Å². The van der Waals surface area contributed by atoms with Crippen LogP contribution in [0, 0.1) is 5.92 Å². The first-order chi connectivity index (χ1) is 9.34. The molecular weight excluding hydrogens is 325 g/mol. The monoisotopic (exact) mass is 337 g/mol. The second-order valence-corrected chi connectivity index (χ2v) is 7.29. The van der Waals surface area contributed by atoms with Crippen molar-refractivity contribution in [2.45, 2.75) is 11.3 Å². The number of carbonyl (C=O) groups excluding carboxylic acids is 1. The Kier molecular flexibility index (Phi) is 4.59. The maximum absolute atomic E-state index is 12.5. The average molecular weight is 338 g/mol. The number of esters is 1. The molecule has 0 spiro atoms. The minimum absolute atomic E-state index is 0.0283. The van der Waals surface area contributed by atoms with Crippen molar-refractivity contribution < 1.29 is 17.9 Å². The summed E-state index contributed by atoms with van der Waals surface area (Å²) < 4.78 is 30.8. The van der Waals surface area contributed by atoms with Crippen LogP contribution in [0.2, 0.25) is 10.0 Å². The molecule has 1 atom stereocenters. The van der Waals surface area contributed by atoms with Gasteiger partial charge in [0.1, 0.15) is 0 Å². The number of hydrogen-bond donors (Lipinski definition) is 0. The SMILES string of the molecule is COC(=O)C1CCN(S(=O)(=O)c2cc(Cl)cc(Cl)c2)C1. The van der Waals surface area contributed by atoms with Crippen LogP contribution in [0.3, 0.4) is 0 Å². The van der Waals surface area contributed by atoms with E-state index in [-0.39, 0.29) is 28.0 Å². The van der Waals surface area contributed by atoms with Crippen molar-refractivity contribution >= 4 is 39.2 Å². The average Bonchev–Trinajstić information content (AvgIpc) is 2.86. The summed E-state index contributed by atoms with van der Waals surface area (Å²) >= 11 is 11.6. The second-order valence-electron chi connectivity index (χ2n) is 4.48. The van der Waals surface area contributed by atoms with Crippen molar-refractivity contribution in [2.75, 3.05) is 20.2 Å². The van der Waals surface area contributed by atoms with Crippen LogP contribution in [0.1, 0.15) is 6.42 Å². The first-order valence-electron chi connectivity index (χ1n) is 5.88. The van der Waals surface area contributed by atoms with Crippen LogP contribution in [-0.2, 0) is 19.6 Å². The van der Waals surface area contributed by atoms with Gasteiger partial charge in [0.15, 0.2) is 0 Å². The number of ether oxygens (including phenoxy) is 1. The van der Waals surface area contributed by atoms with Gasteiger partial charge in [-0.1, -0.05) is 23.2 Å². The van der Waals surface area contributed by atoms with Crippen LogP contribution < -0.4 is 0 Å². The van der Waals surface area contributed by atoms with E-state index in [1.807, 2.05) is 0 Å². The lowest BCUT2D eigenvalue weighted by Gasteiger charge is -2.16. The van der Waals surface area contributed by atoms with Crippen LogP contribution >= 0.6 is 23.2 Å². The van der Waals surface area contributed by atoms with E-state index >= 15 is 0 Å².